The second-order valence-electron chi connectivity index (χ2n) is 11.3. The number of ether oxygens (including phenoxy) is 2. The standard InChI is InChI=1S/C31H35ClN4O5S/c1-7-22-18-36(42(38,39)27-11-9-8-10-26(27)41-22)17-21-16-20(12-14-24(21)32)28(31(3,4)30(37)40-6)23-13-15-25-29(19(23)2)33-34-35(25)5/h8-16,22,28H,7,17-18H2,1-6H3/t22-,28+/m1/s1. The number of nitrogens with zero attached hydrogens (tertiary/aromatic N) is 4. The zero-order valence-corrected chi connectivity index (χ0v) is 26.2. The number of benzene rings is 3. The van der Waals surface area contributed by atoms with Gasteiger partial charge in [-0.25, -0.2) is 13.1 Å². The van der Waals surface area contributed by atoms with E-state index in [1.807, 2.05) is 59.0 Å². The van der Waals surface area contributed by atoms with Gasteiger partial charge in [-0.1, -0.05) is 54.1 Å². The maximum Gasteiger partial charge on any atom is 0.312 e. The molecule has 1 aromatic heterocycles. The normalized spacial score (nSPS) is 17.7. The second-order valence-corrected chi connectivity index (χ2v) is 13.6. The van der Waals surface area contributed by atoms with E-state index in [0.717, 1.165) is 27.7 Å². The lowest BCUT2D eigenvalue weighted by molar-refractivity contribution is -0.151. The first-order valence-corrected chi connectivity index (χ1v) is 15.6. The lowest BCUT2D eigenvalue weighted by Gasteiger charge is -2.34. The second kappa shape index (κ2) is 11.3. The van der Waals surface area contributed by atoms with Crippen molar-refractivity contribution in [3.8, 4) is 5.75 Å². The number of halogens is 1. The van der Waals surface area contributed by atoms with E-state index in [1.54, 1.807) is 35.0 Å². The molecule has 0 unspecified atom stereocenters. The molecule has 0 bridgehead atoms. The highest BCUT2D eigenvalue weighted by Gasteiger charge is 2.41. The zero-order valence-electron chi connectivity index (χ0n) is 24.6. The Balaban J connectivity index is 1.63. The Kier molecular flexibility index (Phi) is 8.08. The maximum atomic E-state index is 13.8. The summed E-state index contributed by atoms with van der Waals surface area (Å²) in [4.78, 5) is 13.3. The molecule has 4 aromatic rings. The minimum Gasteiger partial charge on any atom is -0.488 e. The predicted octanol–water partition coefficient (Wildman–Crippen LogP) is 5.62. The zero-order chi connectivity index (χ0) is 30.4. The smallest absolute Gasteiger partial charge is 0.312 e. The third kappa shape index (κ3) is 5.16. The van der Waals surface area contributed by atoms with E-state index < -0.39 is 21.4 Å². The molecule has 1 aliphatic heterocycles. The summed E-state index contributed by atoms with van der Waals surface area (Å²) >= 11 is 6.72. The van der Waals surface area contributed by atoms with Gasteiger partial charge >= 0.3 is 5.97 Å². The predicted molar refractivity (Wildman–Crippen MR) is 161 cm³/mol. The molecule has 3 aromatic carbocycles. The highest BCUT2D eigenvalue weighted by atomic mass is 35.5. The van der Waals surface area contributed by atoms with Gasteiger partial charge in [0.05, 0.1) is 24.6 Å². The summed E-state index contributed by atoms with van der Waals surface area (Å²) in [5.74, 6) is -0.487. The van der Waals surface area contributed by atoms with Gasteiger partial charge in [0, 0.05) is 24.5 Å². The Morgan fingerprint density at radius 2 is 1.93 bits per heavy atom. The number of carbonyl (C=O) groups excluding carboxylic acids is 1. The van der Waals surface area contributed by atoms with Gasteiger partial charge in [-0.3, -0.25) is 4.79 Å². The number of methoxy groups -OCH3 is 1. The Bertz CT molecular complexity index is 1770. The van der Waals surface area contributed by atoms with E-state index in [4.69, 9.17) is 21.1 Å². The fourth-order valence-corrected chi connectivity index (χ4v) is 7.56. The number of para-hydroxylation sites is 1. The fourth-order valence-electron chi connectivity index (χ4n) is 5.82. The van der Waals surface area contributed by atoms with Crippen LogP contribution in [0.25, 0.3) is 11.0 Å². The molecule has 9 nitrogen and oxygen atoms in total. The van der Waals surface area contributed by atoms with Crippen LogP contribution in [0.4, 0.5) is 0 Å². The molecule has 0 saturated carbocycles. The number of esters is 1. The summed E-state index contributed by atoms with van der Waals surface area (Å²) in [7, 11) is -0.670. The molecule has 2 heterocycles. The highest BCUT2D eigenvalue weighted by Crippen LogP contribution is 2.45. The quantitative estimate of drug-likeness (QED) is 0.250. The van der Waals surface area contributed by atoms with Crippen LogP contribution in [0.1, 0.15) is 55.4 Å². The minimum absolute atomic E-state index is 0.0384. The maximum absolute atomic E-state index is 13.8. The number of hydrogen-bond donors (Lipinski definition) is 0. The Labute approximate surface area is 251 Å². The monoisotopic (exact) mass is 610 g/mol. The van der Waals surface area contributed by atoms with Crippen molar-refractivity contribution in [1.29, 1.82) is 0 Å². The van der Waals surface area contributed by atoms with E-state index >= 15 is 0 Å². The van der Waals surface area contributed by atoms with Gasteiger partial charge in [0.2, 0.25) is 10.0 Å². The molecule has 5 rings (SSSR count). The van der Waals surface area contributed by atoms with Gasteiger partial charge in [0.1, 0.15) is 22.3 Å². The molecule has 0 fully saturated rings. The lowest BCUT2D eigenvalue weighted by atomic mass is 9.70. The number of rotatable bonds is 7. The van der Waals surface area contributed by atoms with Crippen molar-refractivity contribution in [2.45, 2.75) is 57.6 Å². The van der Waals surface area contributed by atoms with Crippen LogP contribution >= 0.6 is 11.6 Å². The molecule has 222 valence electrons. The number of sulfonamides is 1. The van der Waals surface area contributed by atoms with E-state index in [2.05, 4.69) is 10.3 Å². The molecule has 42 heavy (non-hydrogen) atoms. The van der Waals surface area contributed by atoms with Gasteiger partial charge in [-0.15, -0.1) is 5.10 Å². The first kappa shape index (κ1) is 30.0. The Morgan fingerprint density at radius 3 is 2.64 bits per heavy atom. The molecule has 0 N–H and O–H groups in total. The summed E-state index contributed by atoms with van der Waals surface area (Å²) in [6, 6.07) is 16.2. The largest absolute Gasteiger partial charge is 0.488 e. The molecule has 0 amide bonds. The number of aromatic nitrogens is 3. The topological polar surface area (TPSA) is 104 Å². The van der Waals surface area contributed by atoms with Crippen LogP contribution in [0.15, 0.2) is 59.5 Å². The number of carbonyl (C=O) groups is 1. The van der Waals surface area contributed by atoms with Crippen LogP contribution in [0.3, 0.4) is 0 Å². The first-order valence-electron chi connectivity index (χ1n) is 13.8. The van der Waals surface area contributed by atoms with Crippen molar-refractivity contribution in [2.75, 3.05) is 13.7 Å². The van der Waals surface area contributed by atoms with Crippen molar-refractivity contribution in [3.05, 3.63) is 81.9 Å². The average molecular weight is 611 g/mol. The molecule has 0 aliphatic carbocycles. The number of hydrogen-bond acceptors (Lipinski definition) is 7. The molecule has 2 atom stereocenters. The minimum atomic E-state index is -3.88. The lowest BCUT2D eigenvalue weighted by Crippen LogP contribution is -2.36. The molecule has 1 aliphatic rings. The average Bonchev–Trinajstić information content (AvgIpc) is 3.30. The summed E-state index contributed by atoms with van der Waals surface area (Å²) in [6.45, 7) is 7.84. The molecule has 11 heteroatoms. The van der Waals surface area contributed by atoms with E-state index in [-0.39, 0.29) is 30.1 Å². The molecule has 0 saturated heterocycles. The summed E-state index contributed by atoms with van der Waals surface area (Å²) in [5, 5.41) is 8.96. The van der Waals surface area contributed by atoms with Gasteiger partial charge < -0.3 is 9.47 Å². The summed E-state index contributed by atoms with van der Waals surface area (Å²) in [6.07, 6.45) is 0.311. The molecule has 0 radical (unpaired) electrons. The molecule has 0 spiro atoms. The van der Waals surface area contributed by atoms with Crippen LogP contribution in [-0.2, 0) is 33.1 Å². The van der Waals surface area contributed by atoms with Crippen LogP contribution in [0, 0.1) is 12.3 Å². The highest BCUT2D eigenvalue weighted by molar-refractivity contribution is 7.89. The SMILES string of the molecule is CC[C@@H]1CN(Cc2cc([C@@H](c3ccc4c(nnn4C)c3C)C(C)(C)C(=O)OC)ccc2Cl)S(=O)(=O)c2ccccc2O1. The third-order valence-electron chi connectivity index (χ3n) is 8.20. The van der Waals surface area contributed by atoms with Gasteiger partial charge in [-0.05, 0) is 73.7 Å². The van der Waals surface area contributed by atoms with Crippen LogP contribution in [0.2, 0.25) is 5.02 Å². The summed E-state index contributed by atoms with van der Waals surface area (Å²) < 4.78 is 42.1. The number of fused-ring (bicyclic) bond motifs is 2. The van der Waals surface area contributed by atoms with Crippen LogP contribution < -0.4 is 4.74 Å². The van der Waals surface area contributed by atoms with Crippen molar-refractivity contribution in [2.24, 2.45) is 12.5 Å². The summed E-state index contributed by atoms with van der Waals surface area (Å²) in [5.41, 5.74) is 3.84. The van der Waals surface area contributed by atoms with Gasteiger partial charge in [0.25, 0.3) is 0 Å². The van der Waals surface area contributed by atoms with Crippen molar-refractivity contribution in [1.82, 2.24) is 19.3 Å². The van der Waals surface area contributed by atoms with Crippen LogP contribution in [0.5, 0.6) is 5.75 Å². The van der Waals surface area contributed by atoms with Crippen molar-refractivity contribution >= 4 is 38.6 Å². The third-order valence-corrected chi connectivity index (χ3v) is 10.4. The van der Waals surface area contributed by atoms with E-state index in [0.29, 0.717) is 22.8 Å². The molecular formula is C31H35ClN4O5S. The van der Waals surface area contributed by atoms with E-state index in [9.17, 15) is 13.2 Å². The van der Waals surface area contributed by atoms with Gasteiger partial charge in [0.15, 0.2) is 0 Å². The van der Waals surface area contributed by atoms with Crippen molar-refractivity contribution in [3.63, 3.8) is 0 Å². The first-order chi connectivity index (χ1) is 19.9. The van der Waals surface area contributed by atoms with Crippen molar-refractivity contribution < 1.29 is 22.7 Å². The number of aryl methyl sites for hydroxylation is 2. The fraction of sp³-hybridized carbons (Fsp3) is 0.387. The Morgan fingerprint density at radius 1 is 1.19 bits per heavy atom. The van der Waals surface area contributed by atoms with Crippen LogP contribution in [-0.4, -0.2) is 53.4 Å². The van der Waals surface area contributed by atoms with Gasteiger partial charge in [-0.2, -0.15) is 4.31 Å². The molecular weight excluding hydrogens is 576 g/mol. The Hall–Kier alpha value is -3.47. The van der Waals surface area contributed by atoms with E-state index in [1.165, 1.54) is 11.4 Å².